The van der Waals surface area contributed by atoms with Gasteiger partial charge in [0.25, 0.3) is 0 Å². The van der Waals surface area contributed by atoms with Gasteiger partial charge in [-0.2, -0.15) is 16.7 Å². The molecule has 1 aromatic heterocycles. The lowest BCUT2D eigenvalue weighted by Crippen LogP contribution is -2.33. The van der Waals surface area contributed by atoms with Crippen LogP contribution in [0.4, 0.5) is 0 Å². The summed E-state index contributed by atoms with van der Waals surface area (Å²) < 4.78 is 5.44. The molecule has 0 radical (unpaired) electrons. The minimum Gasteiger partial charge on any atom is -0.339 e. The molecule has 2 atom stereocenters. The van der Waals surface area contributed by atoms with Gasteiger partial charge in [-0.1, -0.05) is 5.16 Å². The van der Waals surface area contributed by atoms with Gasteiger partial charge in [-0.3, -0.25) is 4.90 Å². The lowest BCUT2D eigenvalue weighted by atomic mass is 10.1. The third-order valence-corrected chi connectivity index (χ3v) is 5.16. The van der Waals surface area contributed by atoms with Crippen LogP contribution in [0.3, 0.4) is 0 Å². The highest BCUT2D eigenvalue weighted by atomic mass is 32.2. The summed E-state index contributed by atoms with van der Waals surface area (Å²) in [5.41, 5.74) is 0. The quantitative estimate of drug-likeness (QED) is 0.879. The number of rotatable bonds is 5. The van der Waals surface area contributed by atoms with Crippen molar-refractivity contribution in [2.24, 2.45) is 5.92 Å². The van der Waals surface area contributed by atoms with Crippen molar-refractivity contribution in [3.05, 3.63) is 11.7 Å². The van der Waals surface area contributed by atoms with E-state index in [9.17, 15) is 0 Å². The van der Waals surface area contributed by atoms with E-state index in [1.54, 1.807) is 0 Å². The highest BCUT2D eigenvalue weighted by Gasteiger charge is 2.32. The van der Waals surface area contributed by atoms with E-state index in [0.717, 1.165) is 36.4 Å². The standard InChI is InChI=1S/C13H22N4OS/c1-14-10(9-3-4-9)7-12-15-13(16-18-12)11-8-19-6-5-17(11)2/h9-11,14H,3-8H2,1-2H3. The summed E-state index contributed by atoms with van der Waals surface area (Å²) in [4.78, 5) is 6.93. The molecule has 0 spiro atoms. The summed E-state index contributed by atoms with van der Waals surface area (Å²) in [7, 11) is 4.16. The van der Waals surface area contributed by atoms with Gasteiger partial charge in [-0.15, -0.1) is 0 Å². The van der Waals surface area contributed by atoms with Gasteiger partial charge >= 0.3 is 0 Å². The van der Waals surface area contributed by atoms with E-state index in [1.807, 2.05) is 18.8 Å². The SMILES string of the molecule is CNC(Cc1nc(C2CSCCN2C)no1)C1CC1. The van der Waals surface area contributed by atoms with E-state index in [4.69, 9.17) is 4.52 Å². The first-order valence-electron chi connectivity index (χ1n) is 7.05. The normalized spacial score (nSPS) is 26.5. The molecular formula is C13H22N4OS. The van der Waals surface area contributed by atoms with Crippen molar-refractivity contribution in [2.75, 3.05) is 32.1 Å². The molecule has 1 saturated heterocycles. The number of hydrogen-bond donors (Lipinski definition) is 1. The third kappa shape index (κ3) is 3.12. The molecule has 1 aliphatic carbocycles. The smallest absolute Gasteiger partial charge is 0.228 e. The van der Waals surface area contributed by atoms with Crippen molar-refractivity contribution in [3.63, 3.8) is 0 Å². The Labute approximate surface area is 118 Å². The van der Waals surface area contributed by atoms with Gasteiger partial charge in [-0.05, 0) is 32.9 Å². The molecule has 5 nitrogen and oxygen atoms in total. The fourth-order valence-corrected chi connectivity index (χ4v) is 3.85. The molecule has 2 heterocycles. The molecule has 106 valence electrons. The van der Waals surface area contributed by atoms with E-state index < -0.39 is 0 Å². The fourth-order valence-electron chi connectivity index (χ4n) is 2.64. The first-order valence-corrected chi connectivity index (χ1v) is 8.21. The molecule has 1 N–H and O–H groups in total. The van der Waals surface area contributed by atoms with Crippen molar-refractivity contribution in [2.45, 2.75) is 31.3 Å². The van der Waals surface area contributed by atoms with Crippen LogP contribution in [0.25, 0.3) is 0 Å². The second-order valence-electron chi connectivity index (χ2n) is 5.55. The third-order valence-electron chi connectivity index (χ3n) is 4.13. The molecule has 0 bridgehead atoms. The van der Waals surface area contributed by atoms with Crippen molar-refractivity contribution in [1.29, 1.82) is 0 Å². The highest BCUT2D eigenvalue weighted by Crippen LogP contribution is 2.34. The van der Waals surface area contributed by atoms with Gasteiger partial charge in [0.1, 0.15) is 0 Å². The monoisotopic (exact) mass is 282 g/mol. The molecule has 2 fully saturated rings. The Morgan fingerprint density at radius 3 is 3.05 bits per heavy atom. The molecule has 0 aromatic carbocycles. The molecule has 3 rings (SSSR count). The van der Waals surface area contributed by atoms with Crippen molar-refractivity contribution < 1.29 is 4.52 Å². The first-order chi connectivity index (χ1) is 9.28. The van der Waals surface area contributed by atoms with Crippen LogP contribution in [0.2, 0.25) is 0 Å². The Bertz CT molecular complexity index is 421. The second-order valence-corrected chi connectivity index (χ2v) is 6.70. The van der Waals surface area contributed by atoms with Crippen LogP contribution in [-0.2, 0) is 6.42 Å². The van der Waals surface area contributed by atoms with Gasteiger partial charge < -0.3 is 9.84 Å². The van der Waals surface area contributed by atoms with E-state index in [2.05, 4.69) is 27.4 Å². The van der Waals surface area contributed by atoms with Crippen LogP contribution >= 0.6 is 11.8 Å². The van der Waals surface area contributed by atoms with E-state index >= 15 is 0 Å². The molecule has 6 heteroatoms. The van der Waals surface area contributed by atoms with Crippen LogP contribution in [0.5, 0.6) is 0 Å². The van der Waals surface area contributed by atoms with Crippen LogP contribution in [0, 0.1) is 5.92 Å². The number of aromatic nitrogens is 2. The van der Waals surface area contributed by atoms with E-state index in [1.165, 1.54) is 18.6 Å². The number of hydrogen-bond acceptors (Lipinski definition) is 6. The number of likely N-dealkylation sites (N-methyl/N-ethyl adjacent to an activating group) is 1. The maximum absolute atomic E-state index is 5.44. The summed E-state index contributed by atoms with van der Waals surface area (Å²) in [6.07, 6.45) is 3.51. The summed E-state index contributed by atoms with van der Waals surface area (Å²) in [6.45, 7) is 1.10. The predicted octanol–water partition coefficient (Wildman–Crippen LogP) is 1.33. The molecule has 1 saturated carbocycles. The number of thioether (sulfide) groups is 1. The molecule has 1 aliphatic heterocycles. The summed E-state index contributed by atoms with van der Waals surface area (Å²) in [5.74, 6) is 4.70. The number of nitrogens with zero attached hydrogens (tertiary/aromatic N) is 3. The van der Waals surface area contributed by atoms with Crippen LogP contribution in [0.1, 0.15) is 30.6 Å². The van der Waals surface area contributed by atoms with Crippen molar-refractivity contribution in [3.8, 4) is 0 Å². The van der Waals surface area contributed by atoms with Gasteiger partial charge in [0.2, 0.25) is 5.89 Å². The molecule has 2 aliphatic rings. The summed E-state index contributed by atoms with van der Waals surface area (Å²) in [6, 6.07) is 0.803. The maximum atomic E-state index is 5.44. The second kappa shape index (κ2) is 5.81. The zero-order valence-corrected chi connectivity index (χ0v) is 12.4. The molecule has 19 heavy (non-hydrogen) atoms. The van der Waals surface area contributed by atoms with Gasteiger partial charge in [0, 0.05) is 30.5 Å². The van der Waals surface area contributed by atoms with Gasteiger partial charge in [-0.25, -0.2) is 0 Å². The molecule has 1 aromatic rings. The Kier molecular flexibility index (Phi) is 4.10. The molecule has 0 amide bonds. The van der Waals surface area contributed by atoms with Crippen LogP contribution in [0.15, 0.2) is 4.52 Å². The van der Waals surface area contributed by atoms with Crippen molar-refractivity contribution in [1.82, 2.24) is 20.4 Å². The Balaban J connectivity index is 1.64. The first kappa shape index (κ1) is 13.4. The molecule has 2 unspecified atom stereocenters. The Morgan fingerprint density at radius 1 is 1.53 bits per heavy atom. The zero-order valence-electron chi connectivity index (χ0n) is 11.6. The largest absolute Gasteiger partial charge is 0.339 e. The maximum Gasteiger partial charge on any atom is 0.228 e. The minimum absolute atomic E-state index is 0.310. The average Bonchev–Trinajstić information content (AvgIpc) is 3.16. The lowest BCUT2D eigenvalue weighted by Gasteiger charge is -2.29. The summed E-state index contributed by atoms with van der Waals surface area (Å²) >= 11 is 1.97. The average molecular weight is 282 g/mol. The van der Waals surface area contributed by atoms with E-state index in [0.29, 0.717) is 12.1 Å². The highest BCUT2D eigenvalue weighted by molar-refractivity contribution is 7.99. The Hall–Kier alpha value is -0.590. The predicted molar refractivity (Wildman–Crippen MR) is 76.3 cm³/mol. The van der Waals surface area contributed by atoms with E-state index in [-0.39, 0.29) is 0 Å². The Morgan fingerprint density at radius 2 is 2.37 bits per heavy atom. The lowest BCUT2D eigenvalue weighted by molar-refractivity contribution is 0.256. The topological polar surface area (TPSA) is 54.2 Å². The molecular weight excluding hydrogens is 260 g/mol. The summed E-state index contributed by atoms with van der Waals surface area (Å²) in [5, 5.41) is 7.56. The van der Waals surface area contributed by atoms with Gasteiger partial charge in [0.05, 0.1) is 6.04 Å². The van der Waals surface area contributed by atoms with Gasteiger partial charge in [0.15, 0.2) is 5.82 Å². The number of nitrogens with one attached hydrogen (secondary N) is 1. The van der Waals surface area contributed by atoms with Crippen LogP contribution < -0.4 is 5.32 Å². The van der Waals surface area contributed by atoms with Crippen molar-refractivity contribution >= 4 is 11.8 Å². The fraction of sp³-hybridized carbons (Fsp3) is 0.846. The zero-order chi connectivity index (χ0) is 13.2. The van der Waals surface area contributed by atoms with Crippen LogP contribution in [-0.4, -0.2) is 53.2 Å². The minimum atomic E-state index is 0.310.